The molecule has 19 heavy (non-hydrogen) atoms. The van der Waals surface area contributed by atoms with Gasteiger partial charge >= 0.3 is 12.3 Å². The Hall–Kier alpha value is -1.76. The maximum absolute atomic E-state index is 12.2. The van der Waals surface area contributed by atoms with Gasteiger partial charge in [0.15, 0.2) is 6.10 Å². The third-order valence-electron chi connectivity index (χ3n) is 2.37. The minimum absolute atomic E-state index is 0.0541. The standard InChI is InChI=1S/C12H14F3NO3/c1-8(10(17)12(13,14)15)16-11(18)19-7-9-5-3-2-4-6-9/h2-6,8,10,17H,7H2,1H3,(H,16,18). The Bertz CT molecular complexity index is 408. The molecule has 106 valence electrons. The van der Waals surface area contributed by atoms with E-state index in [1.54, 1.807) is 30.3 Å². The van der Waals surface area contributed by atoms with Crippen LogP contribution in [0.4, 0.5) is 18.0 Å². The normalized spacial score (nSPS) is 14.6. The summed E-state index contributed by atoms with van der Waals surface area (Å²) >= 11 is 0. The lowest BCUT2D eigenvalue weighted by Crippen LogP contribution is -2.48. The second-order valence-corrected chi connectivity index (χ2v) is 3.98. The Labute approximate surface area is 108 Å². The second-order valence-electron chi connectivity index (χ2n) is 3.98. The van der Waals surface area contributed by atoms with E-state index in [1.165, 1.54) is 0 Å². The SMILES string of the molecule is CC(NC(=O)OCc1ccccc1)C(O)C(F)(F)F. The number of alkyl carbamates (subject to hydrolysis) is 1. The molecular weight excluding hydrogens is 263 g/mol. The number of aliphatic hydroxyl groups is 1. The van der Waals surface area contributed by atoms with Crippen molar-refractivity contribution < 1.29 is 27.8 Å². The van der Waals surface area contributed by atoms with Crippen LogP contribution in [-0.2, 0) is 11.3 Å². The van der Waals surface area contributed by atoms with Gasteiger partial charge in [-0.2, -0.15) is 13.2 Å². The van der Waals surface area contributed by atoms with Crippen LogP contribution in [0, 0.1) is 0 Å². The van der Waals surface area contributed by atoms with E-state index >= 15 is 0 Å². The monoisotopic (exact) mass is 277 g/mol. The highest BCUT2D eigenvalue weighted by molar-refractivity contribution is 5.67. The maximum atomic E-state index is 12.2. The molecule has 0 saturated carbocycles. The minimum atomic E-state index is -4.79. The van der Waals surface area contributed by atoms with Gasteiger partial charge in [0.2, 0.25) is 0 Å². The van der Waals surface area contributed by atoms with E-state index in [-0.39, 0.29) is 6.61 Å². The number of hydrogen-bond donors (Lipinski definition) is 2. The van der Waals surface area contributed by atoms with Gasteiger partial charge in [-0.15, -0.1) is 0 Å². The highest BCUT2D eigenvalue weighted by Gasteiger charge is 2.42. The van der Waals surface area contributed by atoms with Gasteiger partial charge in [0.05, 0.1) is 6.04 Å². The van der Waals surface area contributed by atoms with Gasteiger partial charge in [-0.05, 0) is 12.5 Å². The van der Waals surface area contributed by atoms with Crippen molar-refractivity contribution in [2.45, 2.75) is 31.9 Å². The molecule has 0 saturated heterocycles. The number of amides is 1. The summed E-state index contributed by atoms with van der Waals surface area (Å²) in [6, 6.07) is 7.20. The van der Waals surface area contributed by atoms with Crippen molar-refractivity contribution in [3.63, 3.8) is 0 Å². The maximum Gasteiger partial charge on any atom is 0.416 e. The molecule has 1 aromatic carbocycles. The van der Waals surface area contributed by atoms with Crippen LogP contribution in [0.3, 0.4) is 0 Å². The Kier molecular flexibility index (Phi) is 5.17. The highest BCUT2D eigenvalue weighted by atomic mass is 19.4. The van der Waals surface area contributed by atoms with Crippen molar-refractivity contribution in [1.82, 2.24) is 5.32 Å². The Morgan fingerprint density at radius 1 is 1.37 bits per heavy atom. The molecule has 1 amide bonds. The molecule has 7 heteroatoms. The number of halogens is 3. The summed E-state index contributed by atoms with van der Waals surface area (Å²) in [5, 5.41) is 10.8. The molecule has 0 aliphatic carbocycles. The van der Waals surface area contributed by atoms with Crippen LogP contribution in [0.15, 0.2) is 30.3 Å². The van der Waals surface area contributed by atoms with Crippen molar-refractivity contribution in [2.75, 3.05) is 0 Å². The number of ether oxygens (including phenoxy) is 1. The van der Waals surface area contributed by atoms with E-state index in [1.807, 2.05) is 5.32 Å². The number of alkyl halides is 3. The summed E-state index contributed by atoms with van der Waals surface area (Å²) in [5.74, 6) is 0. The lowest BCUT2D eigenvalue weighted by atomic mass is 10.2. The van der Waals surface area contributed by atoms with Crippen molar-refractivity contribution in [1.29, 1.82) is 0 Å². The molecule has 0 aliphatic rings. The van der Waals surface area contributed by atoms with Crippen molar-refractivity contribution in [3.8, 4) is 0 Å². The number of hydrogen-bond acceptors (Lipinski definition) is 3. The lowest BCUT2D eigenvalue weighted by Gasteiger charge is -2.22. The molecule has 1 aromatic rings. The lowest BCUT2D eigenvalue weighted by molar-refractivity contribution is -0.210. The van der Waals surface area contributed by atoms with Crippen LogP contribution in [-0.4, -0.2) is 29.5 Å². The van der Waals surface area contributed by atoms with E-state index in [0.717, 1.165) is 6.92 Å². The molecule has 2 N–H and O–H groups in total. The second kappa shape index (κ2) is 6.42. The molecular formula is C12H14F3NO3. The molecule has 0 bridgehead atoms. The number of benzene rings is 1. The van der Waals surface area contributed by atoms with Gasteiger partial charge in [0, 0.05) is 0 Å². The van der Waals surface area contributed by atoms with Gasteiger partial charge in [-0.1, -0.05) is 30.3 Å². The molecule has 0 spiro atoms. The zero-order chi connectivity index (χ0) is 14.5. The van der Waals surface area contributed by atoms with Crippen LogP contribution >= 0.6 is 0 Å². The predicted molar refractivity (Wildman–Crippen MR) is 61.3 cm³/mol. The molecule has 0 fully saturated rings. The zero-order valence-corrected chi connectivity index (χ0v) is 10.1. The quantitative estimate of drug-likeness (QED) is 0.887. The summed E-state index contributed by atoms with van der Waals surface area (Å²) in [6.07, 6.45) is -8.43. The number of carbonyl (C=O) groups is 1. The molecule has 4 nitrogen and oxygen atoms in total. The number of aliphatic hydroxyl groups excluding tert-OH is 1. The van der Waals surface area contributed by atoms with E-state index in [0.29, 0.717) is 5.56 Å². The van der Waals surface area contributed by atoms with Gasteiger partial charge in [0.1, 0.15) is 6.61 Å². The molecule has 2 unspecified atom stereocenters. The highest BCUT2D eigenvalue weighted by Crippen LogP contribution is 2.22. The van der Waals surface area contributed by atoms with Crippen LogP contribution in [0.5, 0.6) is 0 Å². The smallest absolute Gasteiger partial charge is 0.416 e. The average Bonchev–Trinajstić information content (AvgIpc) is 2.35. The Morgan fingerprint density at radius 3 is 2.47 bits per heavy atom. The molecule has 0 aromatic heterocycles. The van der Waals surface area contributed by atoms with E-state index in [9.17, 15) is 18.0 Å². The topological polar surface area (TPSA) is 58.6 Å². The van der Waals surface area contributed by atoms with Gasteiger partial charge in [-0.3, -0.25) is 0 Å². The van der Waals surface area contributed by atoms with Crippen LogP contribution in [0.1, 0.15) is 12.5 Å². The average molecular weight is 277 g/mol. The fourth-order valence-corrected chi connectivity index (χ4v) is 1.31. The molecule has 0 aliphatic heterocycles. The van der Waals surface area contributed by atoms with Crippen molar-refractivity contribution in [2.24, 2.45) is 0 Å². The Balaban J connectivity index is 2.39. The van der Waals surface area contributed by atoms with E-state index in [4.69, 9.17) is 9.84 Å². The van der Waals surface area contributed by atoms with Gasteiger partial charge in [0.25, 0.3) is 0 Å². The molecule has 1 rings (SSSR count). The first-order valence-electron chi connectivity index (χ1n) is 5.52. The molecule has 0 radical (unpaired) electrons. The number of carbonyl (C=O) groups excluding carboxylic acids is 1. The first kappa shape index (κ1) is 15.3. The van der Waals surface area contributed by atoms with Gasteiger partial charge < -0.3 is 15.2 Å². The van der Waals surface area contributed by atoms with Crippen LogP contribution < -0.4 is 5.32 Å². The summed E-state index contributed by atoms with van der Waals surface area (Å²) in [7, 11) is 0. The predicted octanol–water partition coefficient (Wildman–Crippen LogP) is 2.22. The summed E-state index contributed by atoms with van der Waals surface area (Å²) in [4.78, 5) is 11.2. The molecule has 0 heterocycles. The first-order valence-corrected chi connectivity index (χ1v) is 5.52. The zero-order valence-electron chi connectivity index (χ0n) is 10.1. The largest absolute Gasteiger partial charge is 0.445 e. The first-order chi connectivity index (χ1) is 8.80. The van der Waals surface area contributed by atoms with E-state index in [2.05, 4.69) is 0 Å². The van der Waals surface area contributed by atoms with Crippen LogP contribution in [0.2, 0.25) is 0 Å². The summed E-state index contributed by atoms with van der Waals surface area (Å²) in [6.45, 7) is 0.990. The molecule has 2 atom stereocenters. The van der Waals surface area contributed by atoms with Gasteiger partial charge in [-0.25, -0.2) is 4.79 Å². The third kappa shape index (κ3) is 5.17. The summed E-state index contributed by atoms with van der Waals surface area (Å²) < 4.78 is 41.2. The minimum Gasteiger partial charge on any atom is -0.445 e. The van der Waals surface area contributed by atoms with Crippen molar-refractivity contribution >= 4 is 6.09 Å². The van der Waals surface area contributed by atoms with Crippen LogP contribution in [0.25, 0.3) is 0 Å². The van der Waals surface area contributed by atoms with Crippen molar-refractivity contribution in [3.05, 3.63) is 35.9 Å². The third-order valence-corrected chi connectivity index (χ3v) is 2.37. The number of rotatable bonds is 4. The van der Waals surface area contributed by atoms with E-state index < -0.39 is 24.4 Å². The fraction of sp³-hybridized carbons (Fsp3) is 0.417. The fourth-order valence-electron chi connectivity index (χ4n) is 1.31. The Morgan fingerprint density at radius 2 is 1.95 bits per heavy atom. The summed E-state index contributed by atoms with van der Waals surface area (Å²) in [5.41, 5.74) is 0.710. The number of nitrogens with one attached hydrogen (secondary N) is 1.